The lowest BCUT2D eigenvalue weighted by atomic mass is 9.78. The zero-order valence-electron chi connectivity index (χ0n) is 15.0. The predicted molar refractivity (Wildman–Crippen MR) is 96.5 cm³/mol. The Balaban J connectivity index is 1.71. The van der Waals surface area contributed by atoms with E-state index < -0.39 is 0 Å². The highest BCUT2D eigenvalue weighted by molar-refractivity contribution is 5.94. The molecule has 1 N–H and O–H groups in total. The Kier molecular flexibility index (Phi) is 4.74. The van der Waals surface area contributed by atoms with Crippen molar-refractivity contribution in [1.29, 1.82) is 0 Å². The molecule has 3 unspecified atom stereocenters. The second kappa shape index (κ2) is 6.80. The molecule has 0 aliphatic heterocycles. The van der Waals surface area contributed by atoms with Crippen LogP contribution >= 0.6 is 0 Å². The van der Waals surface area contributed by atoms with Crippen molar-refractivity contribution in [3.8, 4) is 5.69 Å². The van der Waals surface area contributed by atoms with E-state index >= 15 is 0 Å². The molecule has 1 aliphatic rings. The summed E-state index contributed by atoms with van der Waals surface area (Å²) in [6.45, 7) is 8.55. The molecule has 0 bridgehead atoms. The monoisotopic (exact) mass is 325 g/mol. The largest absolute Gasteiger partial charge is 0.349 e. The standard InChI is InChI=1S/C20H27N3O/c1-13-6-5-7-19(16(13)4)21-20(24)17-8-10-18(11-9-17)23-15(3)12-14(2)22-23/h8-13,16,19H,5-7H2,1-4H3,(H,21,24). The maximum Gasteiger partial charge on any atom is 0.251 e. The highest BCUT2D eigenvalue weighted by Crippen LogP contribution is 2.29. The summed E-state index contributed by atoms with van der Waals surface area (Å²) >= 11 is 0. The van der Waals surface area contributed by atoms with Crippen LogP contribution < -0.4 is 5.32 Å². The topological polar surface area (TPSA) is 46.9 Å². The first-order chi connectivity index (χ1) is 11.5. The molecule has 4 heteroatoms. The van der Waals surface area contributed by atoms with E-state index in [1.807, 2.05) is 48.9 Å². The second-order valence-electron chi connectivity index (χ2n) is 7.23. The lowest BCUT2D eigenvalue weighted by Gasteiger charge is -2.34. The van der Waals surface area contributed by atoms with Gasteiger partial charge in [-0.3, -0.25) is 4.79 Å². The third kappa shape index (κ3) is 3.37. The summed E-state index contributed by atoms with van der Waals surface area (Å²) in [4.78, 5) is 12.6. The van der Waals surface area contributed by atoms with Gasteiger partial charge in [0.15, 0.2) is 0 Å². The van der Waals surface area contributed by atoms with Crippen LogP contribution in [0, 0.1) is 25.7 Å². The van der Waals surface area contributed by atoms with Gasteiger partial charge in [0.25, 0.3) is 5.91 Å². The molecular formula is C20H27N3O. The molecule has 24 heavy (non-hydrogen) atoms. The first-order valence-corrected chi connectivity index (χ1v) is 8.90. The molecule has 0 spiro atoms. The fourth-order valence-corrected chi connectivity index (χ4v) is 3.68. The average molecular weight is 325 g/mol. The Morgan fingerprint density at radius 2 is 1.88 bits per heavy atom. The third-order valence-electron chi connectivity index (χ3n) is 5.41. The van der Waals surface area contributed by atoms with E-state index in [4.69, 9.17) is 0 Å². The number of aromatic nitrogens is 2. The van der Waals surface area contributed by atoms with E-state index in [1.54, 1.807) is 0 Å². The van der Waals surface area contributed by atoms with Crippen molar-refractivity contribution in [3.63, 3.8) is 0 Å². The summed E-state index contributed by atoms with van der Waals surface area (Å²) in [5.41, 5.74) is 3.78. The Morgan fingerprint density at radius 1 is 1.17 bits per heavy atom. The molecule has 2 aromatic rings. The fourth-order valence-electron chi connectivity index (χ4n) is 3.68. The number of amides is 1. The Morgan fingerprint density at radius 3 is 2.50 bits per heavy atom. The molecule has 128 valence electrons. The first-order valence-electron chi connectivity index (χ1n) is 8.90. The highest BCUT2D eigenvalue weighted by Gasteiger charge is 2.28. The van der Waals surface area contributed by atoms with E-state index in [9.17, 15) is 4.79 Å². The van der Waals surface area contributed by atoms with Crippen LogP contribution in [0.2, 0.25) is 0 Å². The molecule has 1 saturated carbocycles. The molecule has 4 nitrogen and oxygen atoms in total. The lowest BCUT2D eigenvalue weighted by Crippen LogP contribution is -2.43. The maximum atomic E-state index is 12.6. The molecule has 1 aromatic carbocycles. The molecule has 0 radical (unpaired) electrons. The van der Waals surface area contributed by atoms with Gasteiger partial charge in [0.2, 0.25) is 0 Å². The van der Waals surface area contributed by atoms with E-state index in [0.29, 0.717) is 17.4 Å². The Labute approximate surface area is 144 Å². The molecule has 0 saturated heterocycles. The number of rotatable bonds is 3. The van der Waals surface area contributed by atoms with Crippen molar-refractivity contribution in [2.24, 2.45) is 11.8 Å². The summed E-state index contributed by atoms with van der Waals surface area (Å²) in [7, 11) is 0. The number of nitrogens with one attached hydrogen (secondary N) is 1. The number of hydrogen-bond acceptors (Lipinski definition) is 2. The Bertz CT molecular complexity index is 717. The van der Waals surface area contributed by atoms with Crippen LogP contribution in [0.15, 0.2) is 30.3 Å². The van der Waals surface area contributed by atoms with Crippen LogP contribution in [0.5, 0.6) is 0 Å². The van der Waals surface area contributed by atoms with Crippen molar-refractivity contribution in [1.82, 2.24) is 15.1 Å². The Hall–Kier alpha value is -2.10. The maximum absolute atomic E-state index is 12.6. The van der Waals surface area contributed by atoms with Crippen molar-refractivity contribution in [2.45, 2.75) is 53.0 Å². The summed E-state index contributed by atoms with van der Waals surface area (Å²) in [6.07, 6.45) is 3.55. The van der Waals surface area contributed by atoms with Crippen molar-refractivity contribution in [3.05, 3.63) is 47.3 Å². The summed E-state index contributed by atoms with van der Waals surface area (Å²) in [5.74, 6) is 1.25. The quantitative estimate of drug-likeness (QED) is 0.925. The van der Waals surface area contributed by atoms with Gasteiger partial charge in [-0.05, 0) is 62.4 Å². The van der Waals surface area contributed by atoms with Gasteiger partial charge >= 0.3 is 0 Å². The number of carbonyl (C=O) groups excluding carboxylic acids is 1. The van der Waals surface area contributed by atoms with Crippen molar-refractivity contribution < 1.29 is 4.79 Å². The lowest BCUT2D eigenvalue weighted by molar-refractivity contribution is 0.0891. The molecule has 1 aromatic heterocycles. The normalized spacial score (nSPS) is 23.9. The minimum Gasteiger partial charge on any atom is -0.349 e. The SMILES string of the molecule is Cc1cc(C)n(-c2ccc(C(=O)NC3CCCC(C)C3C)cc2)n1. The van der Waals surface area contributed by atoms with E-state index in [2.05, 4.69) is 24.3 Å². The highest BCUT2D eigenvalue weighted by atomic mass is 16.1. The molecular weight excluding hydrogens is 298 g/mol. The van der Waals surface area contributed by atoms with Gasteiger partial charge in [-0.1, -0.05) is 26.7 Å². The van der Waals surface area contributed by atoms with E-state index in [0.717, 1.165) is 23.5 Å². The van der Waals surface area contributed by atoms with Gasteiger partial charge in [0, 0.05) is 17.3 Å². The van der Waals surface area contributed by atoms with Crippen LogP contribution in [0.4, 0.5) is 0 Å². The molecule has 1 fully saturated rings. The van der Waals surface area contributed by atoms with Crippen LogP contribution in [0.1, 0.15) is 54.9 Å². The van der Waals surface area contributed by atoms with Gasteiger partial charge in [-0.25, -0.2) is 4.68 Å². The second-order valence-corrected chi connectivity index (χ2v) is 7.23. The molecule has 1 aliphatic carbocycles. The summed E-state index contributed by atoms with van der Waals surface area (Å²) in [6, 6.07) is 10.0. The van der Waals surface area contributed by atoms with Gasteiger partial charge in [0.1, 0.15) is 0 Å². The zero-order valence-corrected chi connectivity index (χ0v) is 15.0. The third-order valence-corrected chi connectivity index (χ3v) is 5.41. The predicted octanol–water partition coefficient (Wildman–Crippen LogP) is 4.04. The fraction of sp³-hybridized carbons (Fsp3) is 0.500. The van der Waals surface area contributed by atoms with E-state index in [-0.39, 0.29) is 11.9 Å². The first kappa shape index (κ1) is 16.7. The molecule has 3 rings (SSSR count). The number of nitrogens with zero attached hydrogens (tertiary/aromatic N) is 2. The minimum absolute atomic E-state index is 0.0286. The van der Waals surface area contributed by atoms with Crippen LogP contribution in [-0.4, -0.2) is 21.7 Å². The summed E-state index contributed by atoms with van der Waals surface area (Å²) < 4.78 is 1.90. The zero-order chi connectivity index (χ0) is 17.3. The van der Waals surface area contributed by atoms with Gasteiger partial charge < -0.3 is 5.32 Å². The van der Waals surface area contributed by atoms with Crippen LogP contribution in [0.25, 0.3) is 5.69 Å². The van der Waals surface area contributed by atoms with E-state index in [1.165, 1.54) is 12.8 Å². The van der Waals surface area contributed by atoms with Gasteiger partial charge in [-0.2, -0.15) is 5.10 Å². The molecule has 1 amide bonds. The van der Waals surface area contributed by atoms with Crippen LogP contribution in [-0.2, 0) is 0 Å². The van der Waals surface area contributed by atoms with Crippen molar-refractivity contribution >= 4 is 5.91 Å². The van der Waals surface area contributed by atoms with Crippen LogP contribution in [0.3, 0.4) is 0 Å². The number of aryl methyl sites for hydroxylation is 2. The molecule has 1 heterocycles. The number of benzene rings is 1. The smallest absolute Gasteiger partial charge is 0.251 e. The molecule has 3 atom stereocenters. The van der Waals surface area contributed by atoms with Crippen molar-refractivity contribution in [2.75, 3.05) is 0 Å². The summed E-state index contributed by atoms with van der Waals surface area (Å²) in [5, 5.41) is 7.71. The van der Waals surface area contributed by atoms with Gasteiger partial charge in [0.05, 0.1) is 11.4 Å². The number of carbonyl (C=O) groups is 1. The minimum atomic E-state index is 0.0286. The average Bonchev–Trinajstić information content (AvgIpc) is 2.90. The van der Waals surface area contributed by atoms with Gasteiger partial charge in [-0.15, -0.1) is 0 Å². The number of hydrogen-bond donors (Lipinski definition) is 1.